The van der Waals surface area contributed by atoms with Gasteiger partial charge in [0.25, 0.3) is 0 Å². The Bertz CT molecular complexity index is 201. The summed E-state index contributed by atoms with van der Waals surface area (Å²) in [6, 6.07) is 1.49. The highest BCUT2D eigenvalue weighted by Crippen LogP contribution is 2.08. The lowest BCUT2D eigenvalue weighted by atomic mass is 10.3. The predicted octanol–water partition coefficient (Wildman–Crippen LogP) is -0.0663. The van der Waals surface area contributed by atoms with E-state index in [2.05, 4.69) is 0 Å². The van der Waals surface area contributed by atoms with Crippen molar-refractivity contribution in [2.24, 2.45) is 0 Å². The molecule has 1 saturated heterocycles. The summed E-state index contributed by atoms with van der Waals surface area (Å²) >= 11 is 5.30. The molecule has 0 aromatic heterocycles. The van der Waals surface area contributed by atoms with Crippen LogP contribution in [0.1, 0.15) is 0 Å². The molecule has 4 nitrogen and oxygen atoms in total. The minimum Gasteiger partial charge on any atom is -0.358 e. The highest BCUT2D eigenvalue weighted by Gasteiger charge is 2.28. The summed E-state index contributed by atoms with van der Waals surface area (Å²) in [5.41, 5.74) is 0. The Kier molecular flexibility index (Phi) is 2.69. The van der Waals surface area contributed by atoms with E-state index in [9.17, 15) is 4.79 Å². The highest BCUT2D eigenvalue weighted by molar-refractivity contribution is 6.27. The molecular formula is C6H7ClN2O2. The van der Waals surface area contributed by atoms with Crippen molar-refractivity contribution < 1.29 is 9.53 Å². The van der Waals surface area contributed by atoms with Crippen molar-refractivity contribution >= 4 is 17.5 Å². The molecule has 0 bridgehead atoms. The number of rotatable bonds is 1. The maximum atomic E-state index is 10.9. The number of halogens is 1. The smallest absolute Gasteiger partial charge is 0.240 e. The van der Waals surface area contributed by atoms with Gasteiger partial charge in [0.05, 0.1) is 12.7 Å². The zero-order valence-corrected chi connectivity index (χ0v) is 6.54. The largest absolute Gasteiger partial charge is 0.358 e. The first-order valence-corrected chi connectivity index (χ1v) is 3.66. The van der Waals surface area contributed by atoms with Gasteiger partial charge in [-0.1, -0.05) is 0 Å². The van der Waals surface area contributed by atoms with Crippen LogP contribution in [0, 0.1) is 11.3 Å². The van der Waals surface area contributed by atoms with Gasteiger partial charge in [-0.05, 0) is 0 Å². The van der Waals surface area contributed by atoms with E-state index in [0.717, 1.165) is 0 Å². The topological polar surface area (TPSA) is 53.3 Å². The summed E-state index contributed by atoms with van der Waals surface area (Å²) in [5.74, 6) is -0.350. The van der Waals surface area contributed by atoms with Crippen LogP contribution in [-0.2, 0) is 9.53 Å². The average Bonchev–Trinajstić information content (AvgIpc) is 2.50. The molecule has 1 heterocycles. The molecule has 1 amide bonds. The molecule has 5 heteroatoms. The van der Waals surface area contributed by atoms with Crippen LogP contribution in [0.3, 0.4) is 0 Å². The number of amides is 1. The summed E-state index contributed by atoms with van der Waals surface area (Å²) in [6.45, 7) is 0.475. The summed E-state index contributed by atoms with van der Waals surface area (Å²) < 4.78 is 4.91. The molecule has 0 aliphatic carbocycles. The van der Waals surface area contributed by atoms with Crippen molar-refractivity contribution in [1.82, 2.24) is 4.90 Å². The molecule has 1 atom stereocenters. The molecule has 0 radical (unpaired) electrons. The summed E-state index contributed by atoms with van der Waals surface area (Å²) in [4.78, 5) is 12.3. The van der Waals surface area contributed by atoms with Crippen LogP contribution in [0.4, 0.5) is 0 Å². The Balaban J connectivity index is 2.58. The Morgan fingerprint density at radius 3 is 3.18 bits per heavy atom. The first kappa shape index (κ1) is 8.31. The Morgan fingerprint density at radius 1 is 1.91 bits per heavy atom. The van der Waals surface area contributed by atoms with Crippen molar-refractivity contribution in [2.45, 2.75) is 6.04 Å². The van der Waals surface area contributed by atoms with E-state index in [1.807, 2.05) is 6.07 Å². The standard InChI is InChI=1S/C6H7ClN2O2/c7-1-6(10)9-4-11-3-5(9)2-8/h5H,1,3-4H2/t5-/m1/s1. The number of nitriles is 1. The third-order valence-electron chi connectivity index (χ3n) is 1.47. The SMILES string of the molecule is N#C[C@@H]1COCN1C(=O)CCl. The van der Waals surface area contributed by atoms with E-state index in [1.54, 1.807) is 0 Å². The number of ether oxygens (including phenoxy) is 1. The first-order chi connectivity index (χ1) is 5.29. The molecule has 0 aromatic rings. The van der Waals surface area contributed by atoms with Crippen LogP contribution in [0.5, 0.6) is 0 Å². The summed E-state index contributed by atoms with van der Waals surface area (Å²) in [7, 11) is 0. The molecule has 1 aliphatic rings. The lowest BCUT2D eigenvalue weighted by molar-refractivity contribution is -0.129. The van der Waals surface area contributed by atoms with Gasteiger partial charge < -0.3 is 4.74 Å². The number of hydrogen-bond acceptors (Lipinski definition) is 3. The minimum absolute atomic E-state index is 0.0957. The van der Waals surface area contributed by atoms with Gasteiger partial charge >= 0.3 is 0 Å². The number of alkyl halides is 1. The van der Waals surface area contributed by atoms with Gasteiger partial charge in [-0.25, -0.2) is 0 Å². The Morgan fingerprint density at radius 2 is 2.64 bits per heavy atom. The van der Waals surface area contributed by atoms with Crippen LogP contribution in [0.25, 0.3) is 0 Å². The van der Waals surface area contributed by atoms with Gasteiger partial charge in [-0.15, -0.1) is 11.6 Å². The molecule has 11 heavy (non-hydrogen) atoms. The Labute approximate surface area is 69.3 Å². The van der Waals surface area contributed by atoms with Gasteiger partial charge in [0.2, 0.25) is 5.91 Å². The second kappa shape index (κ2) is 3.56. The van der Waals surface area contributed by atoms with Crippen molar-refractivity contribution in [3.05, 3.63) is 0 Å². The third kappa shape index (κ3) is 1.62. The van der Waals surface area contributed by atoms with Crippen LogP contribution in [0.15, 0.2) is 0 Å². The van der Waals surface area contributed by atoms with Gasteiger partial charge in [-0.3, -0.25) is 9.69 Å². The van der Waals surface area contributed by atoms with Gasteiger partial charge in [-0.2, -0.15) is 5.26 Å². The molecule has 1 rings (SSSR count). The number of nitrogens with zero attached hydrogens (tertiary/aromatic N) is 2. The van der Waals surface area contributed by atoms with Crippen molar-refractivity contribution in [2.75, 3.05) is 19.2 Å². The van der Waals surface area contributed by atoms with E-state index in [1.165, 1.54) is 4.90 Å². The van der Waals surface area contributed by atoms with Crippen LogP contribution < -0.4 is 0 Å². The maximum absolute atomic E-state index is 10.9. The number of hydrogen-bond donors (Lipinski definition) is 0. The first-order valence-electron chi connectivity index (χ1n) is 3.12. The quantitative estimate of drug-likeness (QED) is 0.523. The zero-order chi connectivity index (χ0) is 8.27. The zero-order valence-electron chi connectivity index (χ0n) is 5.79. The monoisotopic (exact) mass is 174 g/mol. The molecule has 0 aromatic carbocycles. The van der Waals surface area contributed by atoms with E-state index in [4.69, 9.17) is 21.6 Å². The maximum Gasteiger partial charge on any atom is 0.240 e. The van der Waals surface area contributed by atoms with Gasteiger partial charge in [0, 0.05) is 0 Å². The molecule has 60 valence electrons. The van der Waals surface area contributed by atoms with E-state index < -0.39 is 6.04 Å². The van der Waals surface area contributed by atoms with Gasteiger partial charge in [0.1, 0.15) is 18.7 Å². The lowest BCUT2D eigenvalue weighted by Gasteiger charge is -2.14. The second-order valence-corrected chi connectivity index (χ2v) is 2.41. The molecule has 1 fully saturated rings. The molecule has 0 spiro atoms. The van der Waals surface area contributed by atoms with E-state index in [-0.39, 0.29) is 18.5 Å². The van der Waals surface area contributed by atoms with Crippen molar-refractivity contribution in [3.8, 4) is 6.07 Å². The molecule has 0 saturated carbocycles. The minimum atomic E-state index is -0.457. The lowest BCUT2D eigenvalue weighted by Crippen LogP contribution is -2.36. The van der Waals surface area contributed by atoms with Crippen molar-refractivity contribution in [3.63, 3.8) is 0 Å². The van der Waals surface area contributed by atoms with Crippen LogP contribution in [-0.4, -0.2) is 36.1 Å². The fourth-order valence-corrected chi connectivity index (χ4v) is 1.03. The fraction of sp³-hybridized carbons (Fsp3) is 0.667. The Hall–Kier alpha value is -0.790. The molecule has 0 unspecified atom stereocenters. The third-order valence-corrected chi connectivity index (χ3v) is 1.69. The summed E-state index contributed by atoms with van der Waals surface area (Å²) in [6.07, 6.45) is 0. The average molecular weight is 175 g/mol. The van der Waals surface area contributed by atoms with Gasteiger partial charge in [0.15, 0.2) is 0 Å². The molecular weight excluding hydrogens is 168 g/mol. The second-order valence-electron chi connectivity index (χ2n) is 2.14. The van der Waals surface area contributed by atoms with Crippen LogP contribution >= 0.6 is 11.6 Å². The predicted molar refractivity (Wildman–Crippen MR) is 37.8 cm³/mol. The fourth-order valence-electron chi connectivity index (χ4n) is 0.872. The molecule has 0 N–H and O–H groups in total. The molecule has 1 aliphatic heterocycles. The highest BCUT2D eigenvalue weighted by atomic mass is 35.5. The summed E-state index contributed by atoms with van der Waals surface area (Å²) in [5, 5.41) is 8.51. The van der Waals surface area contributed by atoms with E-state index >= 15 is 0 Å². The number of carbonyl (C=O) groups is 1. The normalized spacial score (nSPS) is 23.3. The number of carbonyl (C=O) groups excluding carboxylic acids is 1. The van der Waals surface area contributed by atoms with E-state index in [0.29, 0.717) is 6.61 Å². The van der Waals surface area contributed by atoms with Crippen LogP contribution in [0.2, 0.25) is 0 Å². The van der Waals surface area contributed by atoms with Crippen molar-refractivity contribution in [1.29, 1.82) is 5.26 Å².